The molecule has 0 bridgehead atoms. The van der Waals surface area contributed by atoms with E-state index < -0.39 is 10.0 Å². The molecule has 0 aromatic heterocycles. The predicted octanol–water partition coefficient (Wildman–Crippen LogP) is 4.45. The van der Waals surface area contributed by atoms with Crippen LogP contribution in [0.25, 0.3) is 0 Å². The number of methoxy groups -OCH3 is 1. The van der Waals surface area contributed by atoms with Gasteiger partial charge in [0.25, 0.3) is 5.91 Å². The van der Waals surface area contributed by atoms with Gasteiger partial charge < -0.3 is 10.1 Å². The summed E-state index contributed by atoms with van der Waals surface area (Å²) >= 11 is 0. The molecule has 1 aliphatic rings. The molecule has 168 valence electrons. The highest BCUT2D eigenvalue weighted by atomic mass is 32.2. The molecular formula is C24H32N2O4S. The van der Waals surface area contributed by atoms with Crippen molar-refractivity contribution >= 4 is 15.9 Å². The quantitative estimate of drug-likeness (QED) is 0.685. The van der Waals surface area contributed by atoms with E-state index in [1.807, 2.05) is 38.1 Å². The minimum absolute atomic E-state index is 0.128. The molecule has 0 saturated carbocycles. The molecule has 1 fully saturated rings. The second kappa shape index (κ2) is 10.3. The van der Waals surface area contributed by atoms with Crippen LogP contribution in [-0.2, 0) is 10.0 Å². The molecule has 7 heteroatoms. The topological polar surface area (TPSA) is 75.7 Å². The van der Waals surface area contributed by atoms with Gasteiger partial charge in [-0.3, -0.25) is 4.79 Å². The summed E-state index contributed by atoms with van der Waals surface area (Å²) in [6.45, 7) is 5.05. The van der Waals surface area contributed by atoms with Crippen molar-refractivity contribution in [1.82, 2.24) is 9.62 Å². The van der Waals surface area contributed by atoms with Crippen molar-refractivity contribution in [2.45, 2.75) is 56.9 Å². The lowest BCUT2D eigenvalue weighted by Crippen LogP contribution is -2.32. The largest absolute Gasteiger partial charge is 0.496 e. The Morgan fingerprint density at radius 1 is 1.06 bits per heavy atom. The first kappa shape index (κ1) is 23.3. The highest BCUT2D eigenvalue weighted by molar-refractivity contribution is 7.89. The normalized spacial score (nSPS) is 16.4. The Kier molecular flexibility index (Phi) is 7.73. The third-order valence-electron chi connectivity index (χ3n) is 5.81. The summed E-state index contributed by atoms with van der Waals surface area (Å²) in [7, 11) is -2.18. The first-order chi connectivity index (χ1) is 14.9. The number of hydrogen-bond acceptors (Lipinski definition) is 4. The van der Waals surface area contributed by atoms with Crippen LogP contribution >= 0.6 is 0 Å². The minimum atomic E-state index is -3.66. The molecule has 1 heterocycles. The van der Waals surface area contributed by atoms with E-state index in [1.54, 1.807) is 6.07 Å². The number of hydrogen-bond donors (Lipinski definition) is 1. The molecule has 0 aliphatic carbocycles. The fourth-order valence-corrected chi connectivity index (χ4v) is 5.46. The Morgan fingerprint density at radius 2 is 1.71 bits per heavy atom. The molecule has 2 aromatic carbocycles. The van der Waals surface area contributed by atoms with Crippen LogP contribution in [0, 0.1) is 6.92 Å². The number of rotatable bonds is 7. The molecule has 3 rings (SSSR count). The van der Waals surface area contributed by atoms with Gasteiger partial charge in [0.15, 0.2) is 0 Å². The molecule has 6 nitrogen and oxygen atoms in total. The van der Waals surface area contributed by atoms with Gasteiger partial charge in [0.05, 0.1) is 23.6 Å². The molecule has 0 radical (unpaired) electrons. The van der Waals surface area contributed by atoms with Crippen LogP contribution < -0.4 is 10.1 Å². The molecule has 1 amide bonds. The Balaban J connectivity index is 1.89. The highest BCUT2D eigenvalue weighted by Crippen LogP contribution is 2.27. The Labute approximate surface area is 185 Å². The minimum Gasteiger partial charge on any atom is -0.496 e. The second-order valence-electron chi connectivity index (χ2n) is 8.03. The molecule has 31 heavy (non-hydrogen) atoms. The lowest BCUT2D eigenvalue weighted by Gasteiger charge is -2.22. The first-order valence-electron chi connectivity index (χ1n) is 10.9. The van der Waals surface area contributed by atoms with Gasteiger partial charge in [0.2, 0.25) is 10.0 Å². The van der Waals surface area contributed by atoms with Crippen molar-refractivity contribution in [3.8, 4) is 5.75 Å². The standard InChI is InChI=1S/C24H32N2O4S/c1-4-22(19-11-9-18(2)10-12-19)25-24(27)21-17-20(13-14-23(21)30-3)31(28,29)26-15-7-5-6-8-16-26/h9-14,17,22H,4-8,15-16H2,1-3H3,(H,25,27). The third-order valence-corrected chi connectivity index (χ3v) is 7.71. The van der Waals surface area contributed by atoms with E-state index in [4.69, 9.17) is 4.74 Å². The monoisotopic (exact) mass is 444 g/mol. The fourth-order valence-electron chi connectivity index (χ4n) is 3.91. The summed E-state index contributed by atoms with van der Waals surface area (Å²) < 4.78 is 33.3. The van der Waals surface area contributed by atoms with Crippen LogP contribution in [0.5, 0.6) is 5.75 Å². The lowest BCUT2D eigenvalue weighted by molar-refractivity contribution is 0.0932. The molecule has 0 spiro atoms. The van der Waals surface area contributed by atoms with Crippen LogP contribution in [-0.4, -0.2) is 38.8 Å². The summed E-state index contributed by atoms with van der Waals surface area (Å²) in [5.41, 5.74) is 2.38. The van der Waals surface area contributed by atoms with E-state index in [2.05, 4.69) is 5.32 Å². The summed E-state index contributed by atoms with van der Waals surface area (Å²) in [6, 6.07) is 12.4. The molecule has 1 unspecified atom stereocenters. The number of sulfonamides is 1. The van der Waals surface area contributed by atoms with Crippen molar-refractivity contribution in [3.63, 3.8) is 0 Å². The van der Waals surface area contributed by atoms with E-state index >= 15 is 0 Å². The molecule has 1 atom stereocenters. The maximum absolute atomic E-state index is 13.2. The lowest BCUT2D eigenvalue weighted by atomic mass is 10.0. The predicted molar refractivity (Wildman–Crippen MR) is 122 cm³/mol. The second-order valence-corrected chi connectivity index (χ2v) is 9.96. The molecule has 1 N–H and O–H groups in total. The van der Waals surface area contributed by atoms with E-state index in [1.165, 1.54) is 23.5 Å². The first-order valence-corrected chi connectivity index (χ1v) is 12.4. The average molecular weight is 445 g/mol. The van der Waals surface area contributed by atoms with Crippen molar-refractivity contribution < 1.29 is 17.9 Å². The number of carbonyl (C=O) groups excluding carboxylic acids is 1. The van der Waals surface area contributed by atoms with E-state index in [0.717, 1.165) is 36.8 Å². The highest BCUT2D eigenvalue weighted by Gasteiger charge is 2.27. The van der Waals surface area contributed by atoms with Gasteiger partial charge in [-0.25, -0.2) is 8.42 Å². The van der Waals surface area contributed by atoms with Gasteiger partial charge in [-0.05, 0) is 49.9 Å². The SMILES string of the molecule is CCC(NC(=O)c1cc(S(=O)(=O)N2CCCCCC2)ccc1OC)c1ccc(C)cc1. The number of nitrogens with zero attached hydrogens (tertiary/aromatic N) is 1. The fraction of sp³-hybridized carbons (Fsp3) is 0.458. The number of carbonyl (C=O) groups is 1. The zero-order chi connectivity index (χ0) is 22.4. The maximum Gasteiger partial charge on any atom is 0.255 e. The van der Waals surface area contributed by atoms with E-state index in [0.29, 0.717) is 25.3 Å². The Hall–Kier alpha value is -2.38. The van der Waals surface area contributed by atoms with Gasteiger partial charge in [-0.2, -0.15) is 4.31 Å². The van der Waals surface area contributed by atoms with Gasteiger partial charge in [0, 0.05) is 13.1 Å². The maximum atomic E-state index is 13.2. The number of aryl methyl sites for hydroxylation is 1. The summed E-state index contributed by atoms with van der Waals surface area (Å²) in [5, 5.41) is 3.03. The smallest absolute Gasteiger partial charge is 0.255 e. The number of ether oxygens (including phenoxy) is 1. The van der Waals surface area contributed by atoms with Crippen LogP contribution in [0.4, 0.5) is 0 Å². The molecule has 2 aromatic rings. The van der Waals surface area contributed by atoms with Crippen LogP contribution in [0.15, 0.2) is 47.4 Å². The molecular weight excluding hydrogens is 412 g/mol. The van der Waals surface area contributed by atoms with Gasteiger partial charge in [0.1, 0.15) is 5.75 Å². The van der Waals surface area contributed by atoms with Crippen LogP contribution in [0.2, 0.25) is 0 Å². The van der Waals surface area contributed by atoms with Gasteiger partial charge >= 0.3 is 0 Å². The van der Waals surface area contributed by atoms with Crippen LogP contribution in [0.3, 0.4) is 0 Å². The summed E-state index contributed by atoms with van der Waals surface area (Å²) in [5.74, 6) is 0.00302. The van der Waals surface area contributed by atoms with Crippen molar-refractivity contribution in [2.24, 2.45) is 0 Å². The van der Waals surface area contributed by atoms with Crippen molar-refractivity contribution in [3.05, 3.63) is 59.2 Å². The number of nitrogens with one attached hydrogen (secondary N) is 1. The van der Waals surface area contributed by atoms with Crippen molar-refractivity contribution in [2.75, 3.05) is 20.2 Å². The van der Waals surface area contributed by atoms with E-state index in [9.17, 15) is 13.2 Å². The molecule has 1 saturated heterocycles. The number of benzene rings is 2. The molecule has 1 aliphatic heterocycles. The Bertz CT molecular complexity index is 995. The van der Waals surface area contributed by atoms with Crippen molar-refractivity contribution in [1.29, 1.82) is 0 Å². The van der Waals surface area contributed by atoms with Gasteiger partial charge in [-0.1, -0.05) is 49.6 Å². The zero-order valence-corrected chi connectivity index (χ0v) is 19.4. The zero-order valence-electron chi connectivity index (χ0n) is 18.6. The van der Waals surface area contributed by atoms with E-state index in [-0.39, 0.29) is 22.4 Å². The average Bonchev–Trinajstić information content (AvgIpc) is 3.08. The van der Waals surface area contributed by atoms with Gasteiger partial charge in [-0.15, -0.1) is 0 Å². The number of amides is 1. The summed E-state index contributed by atoms with van der Waals surface area (Å²) in [4.78, 5) is 13.3. The third kappa shape index (κ3) is 5.46. The Morgan fingerprint density at radius 3 is 2.29 bits per heavy atom. The van der Waals surface area contributed by atoms with Crippen LogP contribution in [0.1, 0.15) is 66.6 Å². The summed E-state index contributed by atoms with van der Waals surface area (Å²) in [6.07, 6.45) is 4.51.